The largest absolute Gasteiger partial charge is 0.507 e. The van der Waals surface area contributed by atoms with E-state index in [0.717, 1.165) is 17.0 Å². The summed E-state index contributed by atoms with van der Waals surface area (Å²) in [6, 6.07) is 12.9. The molecule has 0 aliphatic carbocycles. The number of carbonyl (C=O) groups excluding carboxylic acids is 1. The number of aromatic nitrogens is 1. The number of phenols is 1. The minimum absolute atomic E-state index is 0.167. The minimum atomic E-state index is -1.93. The topological polar surface area (TPSA) is 153 Å². The molecule has 0 aliphatic heterocycles. The van der Waals surface area contributed by atoms with Gasteiger partial charge in [0.2, 0.25) is 0 Å². The molecular weight excluding hydrogens is 415 g/mol. The van der Waals surface area contributed by atoms with Crippen LogP contribution < -0.4 is 5.32 Å². The van der Waals surface area contributed by atoms with Crippen LogP contribution in [0.5, 0.6) is 5.75 Å². The van der Waals surface area contributed by atoms with Crippen LogP contribution in [0.4, 0.5) is 0 Å². The van der Waals surface area contributed by atoms with E-state index in [4.69, 9.17) is 9.63 Å². The summed E-state index contributed by atoms with van der Waals surface area (Å²) >= 11 is 0. The molecule has 3 rings (SSSR count). The fraction of sp³-hybridized carbons (Fsp3) is 0.227. The van der Waals surface area contributed by atoms with Gasteiger partial charge in [-0.25, -0.2) is 4.79 Å². The number of carboxylic acid groups (broad SMARTS) is 1. The van der Waals surface area contributed by atoms with Crippen LogP contribution in [-0.2, 0) is 19.3 Å². The molecule has 1 heterocycles. The standard InChI is InChI=1S/C22H23BN2O7/c1-13-10-17(25-32-13)9-8-14-4-2-6-16(11-14)21(27)24-19(23(30)31)12-15-5-3-7-18(20(15)26)22(28)29/h2-7,10-11,19,26,30-31H,8-9,12H2,1H3,(H,24,27)(H,28,29)/t19-/m0/s1. The Bertz CT molecular complexity index is 1110. The predicted octanol–water partition coefficient (Wildman–Crippen LogP) is 1.53. The molecule has 10 heteroatoms. The summed E-state index contributed by atoms with van der Waals surface area (Å²) in [4.78, 5) is 23.9. The van der Waals surface area contributed by atoms with E-state index in [1.165, 1.54) is 18.2 Å². The van der Waals surface area contributed by atoms with Crippen molar-refractivity contribution in [2.24, 2.45) is 0 Å². The Balaban J connectivity index is 1.70. The van der Waals surface area contributed by atoms with E-state index in [9.17, 15) is 24.7 Å². The summed E-state index contributed by atoms with van der Waals surface area (Å²) in [5.41, 5.74) is 1.89. The summed E-state index contributed by atoms with van der Waals surface area (Å²) in [7, 11) is -1.93. The molecule has 0 saturated heterocycles. The van der Waals surface area contributed by atoms with Crippen LogP contribution in [-0.4, -0.2) is 50.4 Å². The van der Waals surface area contributed by atoms with Crippen molar-refractivity contribution < 1.29 is 34.4 Å². The van der Waals surface area contributed by atoms with E-state index in [1.54, 1.807) is 18.2 Å². The summed E-state index contributed by atoms with van der Waals surface area (Å²) in [5, 5.41) is 45.2. The van der Waals surface area contributed by atoms with Gasteiger partial charge < -0.3 is 30.1 Å². The molecule has 0 unspecified atom stereocenters. The Hall–Kier alpha value is -3.63. The Morgan fingerprint density at radius 2 is 1.88 bits per heavy atom. The fourth-order valence-corrected chi connectivity index (χ4v) is 3.32. The smallest absolute Gasteiger partial charge is 0.475 e. The van der Waals surface area contributed by atoms with E-state index < -0.39 is 30.7 Å². The lowest BCUT2D eigenvalue weighted by Gasteiger charge is -2.19. The highest BCUT2D eigenvalue weighted by Crippen LogP contribution is 2.24. The predicted molar refractivity (Wildman–Crippen MR) is 115 cm³/mol. The number of para-hydroxylation sites is 1. The number of carboxylic acids is 1. The molecule has 0 aliphatic rings. The van der Waals surface area contributed by atoms with Crippen LogP contribution in [0, 0.1) is 6.92 Å². The average molecular weight is 438 g/mol. The first kappa shape index (κ1) is 23.0. The van der Waals surface area contributed by atoms with Crippen LogP contribution in [0.15, 0.2) is 53.1 Å². The summed E-state index contributed by atoms with van der Waals surface area (Å²) in [6.45, 7) is 1.81. The van der Waals surface area contributed by atoms with Crippen LogP contribution in [0.3, 0.4) is 0 Å². The van der Waals surface area contributed by atoms with Gasteiger partial charge in [-0.05, 0) is 55.5 Å². The van der Waals surface area contributed by atoms with Gasteiger partial charge in [0.15, 0.2) is 0 Å². The zero-order valence-corrected chi connectivity index (χ0v) is 17.4. The molecule has 0 saturated carbocycles. The quantitative estimate of drug-likeness (QED) is 0.315. The number of rotatable bonds is 9. The molecule has 0 bridgehead atoms. The van der Waals surface area contributed by atoms with Crippen molar-refractivity contribution in [3.63, 3.8) is 0 Å². The molecule has 0 fully saturated rings. The number of nitrogens with one attached hydrogen (secondary N) is 1. The summed E-state index contributed by atoms with van der Waals surface area (Å²) < 4.78 is 5.05. The van der Waals surface area contributed by atoms with Crippen molar-refractivity contribution in [3.05, 3.63) is 82.2 Å². The van der Waals surface area contributed by atoms with E-state index in [2.05, 4.69) is 10.5 Å². The zero-order chi connectivity index (χ0) is 23.3. The molecule has 1 aromatic heterocycles. The van der Waals surface area contributed by atoms with E-state index in [-0.39, 0.29) is 17.5 Å². The van der Waals surface area contributed by atoms with Crippen molar-refractivity contribution >= 4 is 19.0 Å². The lowest BCUT2D eigenvalue weighted by atomic mass is 9.75. The Morgan fingerprint density at radius 3 is 2.53 bits per heavy atom. The van der Waals surface area contributed by atoms with Crippen molar-refractivity contribution in [1.82, 2.24) is 10.5 Å². The molecule has 3 aromatic rings. The molecule has 9 nitrogen and oxygen atoms in total. The number of aromatic carboxylic acids is 1. The van der Waals surface area contributed by atoms with Crippen LogP contribution in [0.2, 0.25) is 0 Å². The first-order valence-electron chi connectivity index (χ1n) is 9.97. The number of aromatic hydroxyl groups is 1. The van der Waals surface area contributed by atoms with E-state index in [1.807, 2.05) is 19.1 Å². The lowest BCUT2D eigenvalue weighted by molar-refractivity contribution is 0.0693. The Morgan fingerprint density at radius 1 is 1.12 bits per heavy atom. The van der Waals surface area contributed by atoms with Gasteiger partial charge in [-0.2, -0.15) is 0 Å². The molecule has 0 radical (unpaired) electrons. The lowest BCUT2D eigenvalue weighted by Crippen LogP contribution is -2.48. The van der Waals surface area contributed by atoms with Crippen LogP contribution in [0.25, 0.3) is 0 Å². The average Bonchev–Trinajstić information content (AvgIpc) is 3.18. The third kappa shape index (κ3) is 5.74. The Kier molecular flexibility index (Phi) is 7.29. The van der Waals surface area contributed by atoms with Crippen molar-refractivity contribution in [2.75, 3.05) is 0 Å². The molecule has 32 heavy (non-hydrogen) atoms. The van der Waals surface area contributed by atoms with Crippen molar-refractivity contribution in [1.29, 1.82) is 0 Å². The zero-order valence-electron chi connectivity index (χ0n) is 17.4. The monoisotopic (exact) mass is 438 g/mol. The molecule has 166 valence electrons. The highest BCUT2D eigenvalue weighted by molar-refractivity contribution is 6.43. The Labute approximate surface area is 184 Å². The van der Waals surface area contributed by atoms with E-state index >= 15 is 0 Å². The number of amides is 1. The minimum Gasteiger partial charge on any atom is -0.507 e. The molecule has 1 amide bonds. The molecule has 0 spiro atoms. The number of aryl methyl sites for hydroxylation is 3. The van der Waals surface area contributed by atoms with Gasteiger partial charge in [0, 0.05) is 11.6 Å². The molecule has 1 atom stereocenters. The molecule has 2 aromatic carbocycles. The third-order valence-corrected chi connectivity index (χ3v) is 5.00. The number of hydrogen-bond acceptors (Lipinski definition) is 7. The van der Waals surface area contributed by atoms with Gasteiger partial charge in [0.25, 0.3) is 5.91 Å². The first-order chi connectivity index (χ1) is 15.2. The van der Waals surface area contributed by atoms with Gasteiger partial charge in [0.05, 0.1) is 11.6 Å². The summed E-state index contributed by atoms with van der Waals surface area (Å²) in [6.07, 6.45) is 1.09. The van der Waals surface area contributed by atoms with Crippen LogP contribution >= 0.6 is 0 Å². The fourth-order valence-electron chi connectivity index (χ4n) is 3.32. The van der Waals surface area contributed by atoms with Gasteiger partial charge in [0.1, 0.15) is 17.1 Å². The van der Waals surface area contributed by atoms with Crippen molar-refractivity contribution in [2.45, 2.75) is 32.1 Å². The number of benzene rings is 2. The first-order valence-corrected chi connectivity index (χ1v) is 9.97. The highest BCUT2D eigenvalue weighted by atomic mass is 16.5. The highest BCUT2D eigenvalue weighted by Gasteiger charge is 2.28. The van der Waals surface area contributed by atoms with E-state index in [0.29, 0.717) is 18.4 Å². The van der Waals surface area contributed by atoms with Gasteiger partial charge in [-0.1, -0.05) is 29.4 Å². The second kappa shape index (κ2) is 10.1. The summed E-state index contributed by atoms with van der Waals surface area (Å²) in [5.74, 6) is -2.77. The SMILES string of the molecule is Cc1cc(CCc2cccc(C(=O)N[C@@H](Cc3cccc(C(=O)O)c3O)B(O)O)c2)no1. The number of hydrogen-bond donors (Lipinski definition) is 5. The van der Waals surface area contributed by atoms with Gasteiger partial charge >= 0.3 is 13.1 Å². The molecule has 5 N–H and O–H groups in total. The van der Waals surface area contributed by atoms with Gasteiger partial charge in [-0.3, -0.25) is 4.79 Å². The number of nitrogens with zero attached hydrogens (tertiary/aromatic N) is 1. The maximum Gasteiger partial charge on any atom is 0.475 e. The normalized spacial score (nSPS) is 11.7. The van der Waals surface area contributed by atoms with Gasteiger partial charge in [-0.15, -0.1) is 0 Å². The maximum absolute atomic E-state index is 12.7. The van der Waals surface area contributed by atoms with Crippen molar-refractivity contribution in [3.8, 4) is 5.75 Å². The van der Waals surface area contributed by atoms with Crippen LogP contribution in [0.1, 0.15) is 43.3 Å². The maximum atomic E-state index is 12.7. The third-order valence-electron chi connectivity index (χ3n) is 5.00. The second-order valence-electron chi connectivity index (χ2n) is 7.45. The number of carbonyl (C=O) groups is 2. The molecular formula is C22H23BN2O7. The second-order valence-corrected chi connectivity index (χ2v) is 7.45.